The Hall–Kier alpha value is -3.12. The van der Waals surface area contributed by atoms with Crippen molar-refractivity contribution in [2.24, 2.45) is 0 Å². The Kier molecular flexibility index (Phi) is 6.37. The normalized spacial score (nSPS) is 13.1. The molecule has 3 aromatic rings. The summed E-state index contributed by atoms with van der Waals surface area (Å²) in [5.74, 6) is 0.0840. The number of carbonyl (C=O) groups is 2. The lowest BCUT2D eigenvalue weighted by Crippen LogP contribution is -2.35. The molecular weight excluding hydrogens is 412 g/mol. The van der Waals surface area contributed by atoms with Gasteiger partial charge in [-0.15, -0.1) is 0 Å². The first-order valence-corrected chi connectivity index (χ1v) is 10.8. The lowest BCUT2D eigenvalue weighted by Gasteiger charge is -2.11. The first-order chi connectivity index (χ1) is 15.0. The molecule has 1 fully saturated rings. The second-order valence-corrected chi connectivity index (χ2v) is 8.24. The molecule has 0 saturated heterocycles. The minimum Gasteiger partial charge on any atom is -0.354 e. The molecule has 6 nitrogen and oxygen atoms in total. The summed E-state index contributed by atoms with van der Waals surface area (Å²) < 4.78 is 1.82. The van der Waals surface area contributed by atoms with Crippen LogP contribution in [0, 0.1) is 6.92 Å². The van der Waals surface area contributed by atoms with Crippen LogP contribution in [0.15, 0.2) is 54.7 Å². The van der Waals surface area contributed by atoms with Gasteiger partial charge in [-0.1, -0.05) is 48.0 Å². The molecule has 1 heterocycles. The van der Waals surface area contributed by atoms with Crippen molar-refractivity contribution in [3.63, 3.8) is 0 Å². The van der Waals surface area contributed by atoms with Crippen LogP contribution in [0.25, 0.3) is 5.69 Å². The van der Waals surface area contributed by atoms with E-state index in [0.717, 1.165) is 35.3 Å². The average molecular weight is 437 g/mol. The first kappa shape index (κ1) is 21.1. The van der Waals surface area contributed by atoms with Crippen LogP contribution >= 0.6 is 11.6 Å². The fourth-order valence-corrected chi connectivity index (χ4v) is 3.69. The van der Waals surface area contributed by atoms with Crippen molar-refractivity contribution in [3.05, 3.63) is 82.1 Å². The first-order valence-electron chi connectivity index (χ1n) is 10.5. The zero-order valence-corrected chi connectivity index (χ0v) is 18.2. The van der Waals surface area contributed by atoms with Crippen molar-refractivity contribution in [3.8, 4) is 5.69 Å². The molecule has 31 heavy (non-hydrogen) atoms. The van der Waals surface area contributed by atoms with Gasteiger partial charge < -0.3 is 10.6 Å². The van der Waals surface area contributed by atoms with E-state index in [0.29, 0.717) is 36.0 Å². The van der Waals surface area contributed by atoms with Crippen LogP contribution in [0.3, 0.4) is 0 Å². The molecule has 2 amide bonds. The van der Waals surface area contributed by atoms with Crippen molar-refractivity contribution in [2.75, 3.05) is 13.1 Å². The third-order valence-electron chi connectivity index (χ3n) is 5.36. The number of aryl methyl sites for hydroxylation is 1. The van der Waals surface area contributed by atoms with Crippen molar-refractivity contribution < 1.29 is 9.59 Å². The minimum absolute atomic E-state index is 0.0665. The summed E-state index contributed by atoms with van der Waals surface area (Å²) in [4.78, 5) is 24.8. The van der Waals surface area contributed by atoms with Gasteiger partial charge in [0.05, 0.1) is 29.6 Å². The highest BCUT2D eigenvalue weighted by Gasteiger charge is 2.32. The number of rotatable bonds is 8. The highest BCUT2D eigenvalue weighted by Crippen LogP contribution is 2.42. The quantitative estimate of drug-likeness (QED) is 0.527. The lowest BCUT2D eigenvalue weighted by atomic mass is 10.1. The van der Waals surface area contributed by atoms with Crippen molar-refractivity contribution >= 4 is 23.4 Å². The van der Waals surface area contributed by atoms with Crippen LogP contribution in [0.1, 0.15) is 45.9 Å². The molecule has 0 spiro atoms. The Balaban J connectivity index is 1.36. The summed E-state index contributed by atoms with van der Waals surface area (Å²) in [6.45, 7) is 2.68. The molecule has 160 valence electrons. The number of aromatic nitrogens is 2. The van der Waals surface area contributed by atoms with Gasteiger partial charge in [-0.25, -0.2) is 4.68 Å². The Morgan fingerprint density at radius 3 is 2.55 bits per heavy atom. The number of hydrogen-bond acceptors (Lipinski definition) is 3. The van der Waals surface area contributed by atoms with E-state index in [-0.39, 0.29) is 11.8 Å². The predicted molar refractivity (Wildman–Crippen MR) is 121 cm³/mol. The van der Waals surface area contributed by atoms with Crippen molar-refractivity contribution in [1.82, 2.24) is 20.4 Å². The van der Waals surface area contributed by atoms with E-state index in [2.05, 4.69) is 15.7 Å². The van der Waals surface area contributed by atoms with Crippen molar-refractivity contribution in [1.29, 1.82) is 0 Å². The average Bonchev–Trinajstić information content (AvgIpc) is 3.51. The molecule has 1 saturated carbocycles. The fraction of sp³-hybridized carbons (Fsp3) is 0.292. The largest absolute Gasteiger partial charge is 0.354 e. The number of benzene rings is 2. The van der Waals surface area contributed by atoms with E-state index in [9.17, 15) is 9.59 Å². The summed E-state index contributed by atoms with van der Waals surface area (Å²) in [5, 5.41) is 10.9. The minimum atomic E-state index is -0.177. The molecule has 0 aliphatic heterocycles. The number of carbonyl (C=O) groups excluding carboxylic acids is 2. The molecule has 0 radical (unpaired) electrons. The van der Waals surface area contributed by atoms with Crippen LogP contribution in [-0.4, -0.2) is 34.7 Å². The maximum atomic E-state index is 12.8. The SMILES string of the molecule is Cc1ccc(-n2ncc(C(=O)NCCNC(=O)Cc3ccccc3)c2C2CC2)cc1Cl. The van der Waals surface area contributed by atoms with Crippen LogP contribution < -0.4 is 10.6 Å². The van der Waals surface area contributed by atoms with E-state index in [4.69, 9.17) is 11.6 Å². The topological polar surface area (TPSA) is 76.0 Å². The second-order valence-electron chi connectivity index (χ2n) is 7.83. The van der Waals surface area contributed by atoms with Gasteiger partial charge in [0, 0.05) is 24.0 Å². The Morgan fingerprint density at radius 2 is 1.84 bits per heavy atom. The maximum absolute atomic E-state index is 12.8. The summed E-state index contributed by atoms with van der Waals surface area (Å²) >= 11 is 6.29. The Bertz CT molecular complexity index is 1090. The van der Waals surface area contributed by atoms with Crippen LogP contribution in [-0.2, 0) is 11.2 Å². The molecule has 4 rings (SSSR count). The van der Waals surface area contributed by atoms with Crippen molar-refractivity contribution in [2.45, 2.75) is 32.1 Å². The van der Waals surface area contributed by atoms with Gasteiger partial charge in [0.1, 0.15) is 0 Å². The standard InChI is InChI=1S/C24H25ClN4O2/c1-16-7-10-19(14-21(16)25)29-23(18-8-9-18)20(15-28-29)24(31)27-12-11-26-22(30)13-17-5-3-2-4-6-17/h2-7,10,14-15,18H,8-9,11-13H2,1H3,(H,26,30)(H,27,31). The number of nitrogens with zero attached hydrogens (tertiary/aromatic N) is 2. The number of hydrogen-bond donors (Lipinski definition) is 2. The second kappa shape index (κ2) is 9.35. The van der Waals surface area contributed by atoms with E-state index in [1.54, 1.807) is 6.20 Å². The maximum Gasteiger partial charge on any atom is 0.254 e. The summed E-state index contributed by atoms with van der Waals surface area (Å²) in [7, 11) is 0. The molecule has 0 unspecified atom stereocenters. The molecule has 1 aliphatic rings. The van der Waals surface area contributed by atoms with E-state index in [1.807, 2.05) is 60.1 Å². The Labute approximate surface area is 186 Å². The summed E-state index contributed by atoms with van der Waals surface area (Å²) in [6, 6.07) is 15.4. The van der Waals surface area contributed by atoms with Gasteiger partial charge in [0.2, 0.25) is 5.91 Å². The number of amides is 2. The third-order valence-corrected chi connectivity index (χ3v) is 5.76. The fourth-order valence-electron chi connectivity index (χ4n) is 3.52. The van der Waals surface area contributed by atoms with Crippen LogP contribution in [0.4, 0.5) is 0 Å². The zero-order valence-electron chi connectivity index (χ0n) is 17.4. The highest BCUT2D eigenvalue weighted by molar-refractivity contribution is 6.31. The van der Waals surface area contributed by atoms with E-state index >= 15 is 0 Å². The molecule has 7 heteroatoms. The molecule has 1 aromatic heterocycles. The summed E-state index contributed by atoms with van der Waals surface area (Å²) in [6.07, 6.45) is 4.03. The number of nitrogens with one attached hydrogen (secondary N) is 2. The molecule has 2 N–H and O–H groups in total. The molecule has 1 aliphatic carbocycles. The zero-order chi connectivity index (χ0) is 21.8. The highest BCUT2D eigenvalue weighted by atomic mass is 35.5. The van der Waals surface area contributed by atoms with E-state index in [1.165, 1.54) is 0 Å². The molecule has 2 aromatic carbocycles. The van der Waals surface area contributed by atoms with Gasteiger partial charge in [-0.05, 0) is 43.0 Å². The molecular formula is C24H25ClN4O2. The van der Waals surface area contributed by atoms with Gasteiger partial charge >= 0.3 is 0 Å². The van der Waals surface area contributed by atoms with Gasteiger partial charge in [-0.3, -0.25) is 9.59 Å². The monoisotopic (exact) mass is 436 g/mol. The Morgan fingerprint density at radius 1 is 1.10 bits per heavy atom. The summed E-state index contributed by atoms with van der Waals surface area (Å²) in [5.41, 5.74) is 4.31. The third kappa shape index (κ3) is 5.14. The van der Waals surface area contributed by atoms with Crippen LogP contribution in [0.2, 0.25) is 5.02 Å². The van der Waals surface area contributed by atoms with Gasteiger partial charge in [0.25, 0.3) is 5.91 Å². The smallest absolute Gasteiger partial charge is 0.254 e. The van der Waals surface area contributed by atoms with E-state index < -0.39 is 0 Å². The molecule has 0 atom stereocenters. The number of halogens is 1. The van der Waals surface area contributed by atoms with Crippen LogP contribution in [0.5, 0.6) is 0 Å². The van der Waals surface area contributed by atoms with Gasteiger partial charge in [0.15, 0.2) is 0 Å². The molecule has 0 bridgehead atoms. The predicted octanol–water partition coefficient (Wildman–Crippen LogP) is 3.80. The van der Waals surface area contributed by atoms with Gasteiger partial charge in [-0.2, -0.15) is 5.10 Å². The lowest BCUT2D eigenvalue weighted by molar-refractivity contribution is -0.120.